The van der Waals surface area contributed by atoms with Gasteiger partial charge in [0, 0.05) is 32.0 Å². The average molecular weight is 434 g/mol. The molecule has 1 heterocycles. The monoisotopic (exact) mass is 433 g/mol. The molecule has 0 bridgehead atoms. The number of rotatable bonds is 11. The Morgan fingerprint density at radius 1 is 0.844 bits per heavy atom. The van der Waals surface area contributed by atoms with Gasteiger partial charge in [0.25, 0.3) is 5.91 Å². The Morgan fingerprint density at radius 3 is 2.16 bits per heavy atom. The lowest BCUT2D eigenvalue weighted by molar-refractivity contribution is -0.142. The zero-order valence-corrected chi connectivity index (χ0v) is 18.8. The van der Waals surface area contributed by atoms with E-state index in [1.54, 1.807) is 9.80 Å². The highest BCUT2D eigenvalue weighted by Crippen LogP contribution is 2.13. The molecule has 2 aromatic carbocycles. The summed E-state index contributed by atoms with van der Waals surface area (Å²) in [5.41, 5.74) is 2.09. The van der Waals surface area contributed by atoms with E-state index in [2.05, 4.69) is 0 Å². The number of nitrogens with zero attached hydrogens (tertiary/aromatic N) is 3. The predicted octanol–water partition coefficient (Wildman–Crippen LogP) is 3.87. The number of aromatic nitrogens is 1. The van der Waals surface area contributed by atoms with Gasteiger partial charge in [-0.05, 0) is 36.2 Å². The fourth-order valence-corrected chi connectivity index (χ4v) is 3.47. The number of carbonyl (C=O) groups excluding carboxylic acids is 2. The predicted molar refractivity (Wildman–Crippen MR) is 125 cm³/mol. The van der Waals surface area contributed by atoms with Crippen LogP contribution in [0.1, 0.15) is 24.6 Å². The van der Waals surface area contributed by atoms with E-state index in [1.165, 1.54) is 0 Å². The number of aryl methyl sites for hydroxylation is 1. The highest BCUT2D eigenvalue weighted by Gasteiger charge is 2.22. The van der Waals surface area contributed by atoms with Gasteiger partial charge in [0.05, 0.1) is 13.1 Å². The molecular formula is C26H31N3O3. The maximum atomic E-state index is 13.3. The summed E-state index contributed by atoms with van der Waals surface area (Å²) in [6.07, 6.45) is 2.73. The van der Waals surface area contributed by atoms with Gasteiger partial charge in [0.1, 0.15) is 5.75 Å². The minimum Gasteiger partial charge on any atom is -0.484 e. The van der Waals surface area contributed by atoms with Crippen LogP contribution in [-0.2, 0) is 29.7 Å². The van der Waals surface area contributed by atoms with E-state index in [0.717, 1.165) is 17.7 Å². The Kier molecular flexibility index (Phi) is 8.49. The molecule has 0 atom stereocenters. The maximum absolute atomic E-state index is 13.3. The maximum Gasteiger partial charge on any atom is 0.260 e. The van der Waals surface area contributed by atoms with Gasteiger partial charge in [-0.15, -0.1) is 0 Å². The number of ether oxygens (including phenoxy) is 1. The van der Waals surface area contributed by atoms with Crippen molar-refractivity contribution in [3.8, 4) is 5.75 Å². The van der Waals surface area contributed by atoms with Crippen molar-refractivity contribution in [2.75, 3.05) is 19.7 Å². The molecule has 3 rings (SSSR count). The van der Waals surface area contributed by atoms with E-state index in [1.807, 2.05) is 97.5 Å². The van der Waals surface area contributed by atoms with Gasteiger partial charge < -0.3 is 19.1 Å². The molecule has 0 spiro atoms. The first-order chi connectivity index (χ1) is 15.6. The summed E-state index contributed by atoms with van der Waals surface area (Å²) in [6, 6.07) is 23.1. The molecule has 0 fully saturated rings. The second-order valence-electron chi connectivity index (χ2n) is 7.76. The number of para-hydroxylation sites is 1. The topological polar surface area (TPSA) is 54.8 Å². The lowest BCUT2D eigenvalue weighted by Crippen LogP contribution is -2.44. The van der Waals surface area contributed by atoms with E-state index in [4.69, 9.17) is 4.74 Å². The van der Waals surface area contributed by atoms with Crippen LogP contribution in [0, 0.1) is 0 Å². The van der Waals surface area contributed by atoms with E-state index in [9.17, 15) is 9.59 Å². The molecule has 0 saturated heterocycles. The minimum atomic E-state index is -0.192. The van der Waals surface area contributed by atoms with Crippen LogP contribution in [0.15, 0.2) is 79.0 Å². The molecule has 6 nitrogen and oxygen atoms in total. The van der Waals surface area contributed by atoms with Gasteiger partial charge >= 0.3 is 0 Å². The van der Waals surface area contributed by atoms with E-state index in [0.29, 0.717) is 25.4 Å². The molecule has 2 amide bonds. The van der Waals surface area contributed by atoms with Crippen molar-refractivity contribution in [3.63, 3.8) is 0 Å². The number of hydrogen-bond donors (Lipinski definition) is 0. The standard InChI is InChI=1S/C26H31N3O3/c1-3-16-28(26(31)21-32-24-14-8-5-9-15-24)20-25(30)29(18-22-11-6-4-7-12-22)19-23-13-10-17-27(23)2/h4-15,17H,3,16,18-21H2,1-2H3. The number of hydrogen-bond acceptors (Lipinski definition) is 3. The summed E-state index contributed by atoms with van der Waals surface area (Å²) in [5, 5.41) is 0. The van der Waals surface area contributed by atoms with Crippen molar-refractivity contribution in [2.24, 2.45) is 7.05 Å². The molecule has 0 unspecified atom stereocenters. The zero-order valence-electron chi connectivity index (χ0n) is 18.8. The largest absolute Gasteiger partial charge is 0.484 e. The van der Waals surface area contributed by atoms with Gasteiger partial charge in [0.2, 0.25) is 5.91 Å². The third-order valence-corrected chi connectivity index (χ3v) is 5.25. The fraction of sp³-hybridized carbons (Fsp3) is 0.308. The zero-order chi connectivity index (χ0) is 22.8. The lowest BCUT2D eigenvalue weighted by atomic mass is 10.2. The molecule has 0 aliphatic carbocycles. The van der Waals surface area contributed by atoms with Crippen LogP contribution in [0.25, 0.3) is 0 Å². The average Bonchev–Trinajstić information content (AvgIpc) is 3.22. The molecule has 0 saturated carbocycles. The van der Waals surface area contributed by atoms with Crippen LogP contribution in [0.4, 0.5) is 0 Å². The SMILES string of the molecule is CCCN(CC(=O)N(Cc1ccccc1)Cc1cccn1C)C(=O)COc1ccccc1. The van der Waals surface area contributed by atoms with Crippen molar-refractivity contribution < 1.29 is 14.3 Å². The Bertz CT molecular complexity index is 986. The first-order valence-corrected chi connectivity index (χ1v) is 10.9. The third kappa shape index (κ3) is 6.74. The number of benzene rings is 2. The first-order valence-electron chi connectivity index (χ1n) is 10.9. The van der Waals surface area contributed by atoms with Crippen LogP contribution in [0.2, 0.25) is 0 Å². The molecule has 6 heteroatoms. The van der Waals surface area contributed by atoms with Crippen molar-refractivity contribution in [1.29, 1.82) is 0 Å². The molecule has 168 valence electrons. The second-order valence-corrected chi connectivity index (χ2v) is 7.76. The Hall–Kier alpha value is -3.54. The quantitative estimate of drug-likeness (QED) is 0.461. The van der Waals surface area contributed by atoms with Crippen LogP contribution in [0.3, 0.4) is 0 Å². The molecule has 32 heavy (non-hydrogen) atoms. The third-order valence-electron chi connectivity index (χ3n) is 5.25. The molecule has 0 radical (unpaired) electrons. The second kappa shape index (κ2) is 11.7. The van der Waals surface area contributed by atoms with Gasteiger partial charge in [-0.2, -0.15) is 0 Å². The van der Waals surface area contributed by atoms with Crippen molar-refractivity contribution in [2.45, 2.75) is 26.4 Å². The molecule has 3 aromatic rings. The van der Waals surface area contributed by atoms with E-state index >= 15 is 0 Å². The Balaban J connectivity index is 1.69. The molecule has 0 aliphatic rings. The van der Waals surface area contributed by atoms with Crippen LogP contribution in [-0.4, -0.2) is 45.9 Å². The van der Waals surface area contributed by atoms with Crippen LogP contribution >= 0.6 is 0 Å². The Labute approximate surface area is 190 Å². The summed E-state index contributed by atoms with van der Waals surface area (Å²) in [7, 11) is 1.97. The fourth-order valence-electron chi connectivity index (χ4n) is 3.47. The molecule has 0 N–H and O–H groups in total. The highest BCUT2D eigenvalue weighted by molar-refractivity contribution is 5.85. The Morgan fingerprint density at radius 2 is 1.53 bits per heavy atom. The van der Waals surface area contributed by atoms with Crippen LogP contribution < -0.4 is 4.74 Å². The summed E-state index contributed by atoms with van der Waals surface area (Å²) in [6.45, 7) is 3.40. The lowest BCUT2D eigenvalue weighted by Gasteiger charge is -2.28. The first kappa shape index (κ1) is 23.1. The highest BCUT2D eigenvalue weighted by atomic mass is 16.5. The van der Waals surface area contributed by atoms with Crippen molar-refractivity contribution in [1.82, 2.24) is 14.4 Å². The minimum absolute atomic E-state index is 0.0298. The normalized spacial score (nSPS) is 10.6. The molecular weight excluding hydrogens is 402 g/mol. The van der Waals surface area contributed by atoms with Gasteiger partial charge in [-0.1, -0.05) is 55.5 Å². The molecule has 0 aliphatic heterocycles. The van der Waals surface area contributed by atoms with Gasteiger partial charge in [0.15, 0.2) is 6.61 Å². The summed E-state index contributed by atoms with van der Waals surface area (Å²) in [4.78, 5) is 29.5. The van der Waals surface area contributed by atoms with Crippen molar-refractivity contribution >= 4 is 11.8 Å². The molecule has 1 aromatic heterocycles. The summed E-state index contributed by atoms with van der Waals surface area (Å²) < 4.78 is 7.62. The number of amides is 2. The van der Waals surface area contributed by atoms with Crippen LogP contribution in [0.5, 0.6) is 5.75 Å². The van der Waals surface area contributed by atoms with Gasteiger partial charge in [-0.25, -0.2) is 0 Å². The van der Waals surface area contributed by atoms with Crippen molar-refractivity contribution in [3.05, 3.63) is 90.3 Å². The van der Waals surface area contributed by atoms with E-state index in [-0.39, 0.29) is 25.0 Å². The summed E-state index contributed by atoms with van der Waals surface area (Å²) >= 11 is 0. The van der Waals surface area contributed by atoms with E-state index < -0.39 is 0 Å². The van der Waals surface area contributed by atoms with Gasteiger partial charge in [-0.3, -0.25) is 9.59 Å². The number of carbonyl (C=O) groups is 2. The summed E-state index contributed by atoms with van der Waals surface area (Å²) in [5.74, 6) is 0.359. The smallest absolute Gasteiger partial charge is 0.260 e.